The Kier molecular flexibility index (Phi) is 4.95. The first-order chi connectivity index (χ1) is 10.0. The van der Waals surface area contributed by atoms with Crippen molar-refractivity contribution in [1.29, 1.82) is 0 Å². The van der Waals surface area contributed by atoms with Gasteiger partial charge in [-0.2, -0.15) is 5.10 Å². The molecule has 7 nitrogen and oxygen atoms in total. The van der Waals surface area contributed by atoms with E-state index in [4.69, 9.17) is 11.5 Å². The van der Waals surface area contributed by atoms with Crippen LogP contribution in [0.3, 0.4) is 0 Å². The minimum absolute atomic E-state index is 0.0718. The molecule has 1 fully saturated rings. The van der Waals surface area contributed by atoms with Crippen LogP contribution in [0.15, 0.2) is 6.20 Å². The van der Waals surface area contributed by atoms with E-state index in [1.165, 1.54) is 0 Å². The Hall–Kier alpha value is -1.89. The highest BCUT2D eigenvalue weighted by atomic mass is 16.2. The average Bonchev–Trinajstić information content (AvgIpc) is 2.85. The summed E-state index contributed by atoms with van der Waals surface area (Å²) < 4.78 is 1.80. The monoisotopic (exact) mass is 293 g/mol. The van der Waals surface area contributed by atoms with Crippen LogP contribution in [-0.2, 0) is 11.3 Å². The van der Waals surface area contributed by atoms with Crippen molar-refractivity contribution in [3.8, 4) is 0 Å². The zero-order valence-electron chi connectivity index (χ0n) is 12.4. The summed E-state index contributed by atoms with van der Waals surface area (Å²) in [5.41, 5.74) is 12.3. The van der Waals surface area contributed by atoms with Gasteiger partial charge in [-0.25, -0.2) is 0 Å². The smallest absolute Gasteiger partial charge is 0.257 e. The van der Waals surface area contributed by atoms with Gasteiger partial charge >= 0.3 is 0 Å². The molecule has 0 radical (unpaired) electrons. The molecule has 0 saturated carbocycles. The first kappa shape index (κ1) is 15.5. The Balaban J connectivity index is 2.09. The van der Waals surface area contributed by atoms with Crippen molar-refractivity contribution in [2.24, 2.45) is 17.4 Å². The zero-order valence-corrected chi connectivity index (χ0v) is 12.4. The maximum atomic E-state index is 12.6. The van der Waals surface area contributed by atoms with E-state index in [1.807, 2.05) is 6.92 Å². The van der Waals surface area contributed by atoms with Crippen LogP contribution in [-0.4, -0.2) is 46.1 Å². The Bertz CT molecular complexity index is 525. The molecular formula is C14H23N5O2. The predicted molar refractivity (Wildman–Crippen MR) is 78.5 cm³/mol. The number of carbonyl (C=O) groups is 2. The lowest BCUT2D eigenvalue weighted by atomic mass is 9.97. The van der Waals surface area contributed by atoms with Crippen LogP contribution in [0.4, 0.5) is 0 Å². The van der Waals surface area contributed by atoms with Crippen LogP contribution in [0.1, 0.15) is 35.3 Å². The standard InChI is InChI=1S/C14H23N5O2/c1-10-12(8-17-19(10)7-3-5-15)14(21)18-6-2-4-11(9-18)13(16)20/h8,11H,2-7,9,15H2,1H3,(H2,16,20). The molecule has 1 aliphatic rings. The maximum Gasteiger partial charge on any atom is 0.257 e. The van der Waals surface area contributed by atoms with Gasteiger partial charge in [0.1, 0.15) is 0 Å². The molecule has 2 heterocycles. The number of nitrogens with zero attached hydrogens (tertiary/aromatic N) is 3. The molecule has 0 spiro atoms. The lowest BCUT2D eigenvalue weighted by molar-refractivity contribution is -0.123. The molecule has 21 heavy (non-hydrogen) atoms. The minimum Gasteiger partial charge on any atom is -0.369 e. The summed E-state index contributed by atoms with van der Waals surface area (Å²) in [6.45, 7) is 4.25. The van der Waals surface area contributed by atoms with Crippen LogP contribution in [0, 0.1) is 12.8 Å². The van der Waals surface area contributed by atoms with E-state index in [1.54, 1.807) is 15.8 Å². The van der Waals surface area contributed by atoms with Crippen LogP contribution in [0.5, 0.6) is 0 Å². The maximum absolute atomic E-state index is 12.6. The van der Waals surface area contributed by atoms with E-state index in [0.717, 1.165) is 25.0 Å². The van der Waals surface area contributed by atoms with Gasteiger partial charge in [-0.15, -0.1) is 0 Å². The first-order valence-corrected chi connectivity index (χ1v) is 7.35. The third-order valence-corrected chi connectivity index (χ3v) is 4.02. The summed E-state index contributed by atoms with van der Waals surface area (Å²) in [7, 11) is 0. The van der Waals surface area contributed by atoms with E-state index in [9.17, 15) is 9.59 Å². The molecule has 2 rings (SSSR count). The molecule has 4 N–H and O–H groups in total. The number of likely N-dealkylation sites (tertiary alicyclic amines) is 1. The fourth-order valence-corrected chi connectivity index (χ4v) is 2.69. The first-order valence-electron chi connectivity index (χ1n) is 7.35. The second-order valence-corrected chi connectivity index (χ2v) is 5.50. The molecule has 1 saturated heterocycles. The largest absolute Gasteiger partial charge is 0.369 e. The number of primary amides is 1. The van der Waals surface area contributed by atoms with Crippen molar-refractivity contribution in [1.82, 2.24) is 14.7 Å². The van der Waals surface area contributed by atoms with Crippen LogP contribution < -0.4 is 11.5 Å². The third kappa shape index (κ3) is 3.41. The van der Waals surface area contributed by atoms with Crippen LogP contribution in [0.25, 0.3) is 0 Å². The summed E-state index contributed by atoms with van der Waals surface area (Å²) in [6.07, 6.45) is 3.99. The van der Waals surface area contributed by atoms with Crippen molar-refractivity contribution in [2.75, 3.05) is 19.6 Å². The van der Waals surface area contributed by atoms with Crippen molar-refractivity contribution < 1.29 is 9.59 Å². The highest BCUT2D eigenvalue weighted by molar-refractivity contribution is 5.95. The molecule has 0 bridgehead atoms. The SMILES string of the molecule is Cc1c(C(=O)N2CCCC(C(N)=O)C2)cnn1CCCN. The van der Waals surface area contributed by atoms with E-state index in [-0.39, 0.29) is 17.7 Å². The van der Waals surface area contributed by atoms with Crippen molar-refractivity contribution >= 4 is 11.8 Å². The fourth-order valence-electron chi connectivity index (χ4n) is 2.69. The predicted octanol–water partition coefficient (Wildman–Crippen LogP) is -0.122. The van der Waals surface area contributed by atoms with Gasteiger partial charge in [0.05, 0.1) is 17.7 Å². The molecule has 0 aromatic carbocycles. The second-order valence-electron chi connectivity index (χ2n) is 5.50. The van der Waals surface area contributed by atoms with E-state index < -0.39 is 0 Å². The summed E-state index contributed by atoms with van der Waals surface area (Å²) in [4.78, 5) is 25.6. The number of piperidine rings is 1. The Morgan fingerprint density at radius 1 is 1.48 bits per heavy atom. The van der Waals surface area contributed by atoms with Gasteiger partial charge in [0, 0.05) is 25.3 Å². The number of aromatic nitrogens is 2. The van der Waals surface area contributed by atoms with Gasteiger partial charge in [0.15, 0.2) is 0 Å². The molecule has 116 valence electrons. The van der Waals surface area contributed by atoms with Crippen LogP contribution >= 0.6 is 0 Å². The topological polar surface area (TPSA) is 107 Å². The summed E-state index contributed by atoms with van der Waals surface area (Å²) in [5, 5.41) is 4.25. The average molecular weight is 293 g/mol. The van der Waals surface area contributed by atoms with E-state index in [0.29, 0.717) is 31.7 Å². The Morgan fingerprint density at radius 3 is 2.90 bits per heavy atom. The number of carbonyl (C=O) groups excluding carboxylic acids is 2. The number of nitrogens with two attached hydrogens (primary N) is 2. The molecule has 0 aliphatic carbocycles. The Morgan fingerprint density at radius 2 is 2.24 bits per heavy atom. The van der Waals surface area contributed by atoms with E-state index >= 15 is 0 Å². The lowest BCUT2D eigenvalue weighted by Gasteiger charge is -2.31. The van der Waals surface area contributed by atoms with Crippen molar-refractivity contribution in [3.05, 3.63) is 17.5 Å². The minimum atomic E-state index is -0.331. The number of hydrogen-bond acceptors (Lipinski definition) is 4. The number of hydrogen-bond donors (Lipinski definition) is 2. The van der Waals surface area contributed by atoms with Crippen molar-refractivity contribution in [2.45, 2.75) is 32.7 Å². The quantitative estimate of drug-likeness (QED) is 0.789. The summed E-state index contributed by atoms with van der Waals surface area (Å²) >= 11 is 0. The molecule has 1 unspecified atom stereocenters. The normalized spacial score (nSPS) is 18.8. The molecule has 1 aromatic heterocycles. The molecule has 1 aliphatic heterocycles. The molecule has 1 aromatic rings. The summed E-state index contributed by atoms with van der Waals surface area (Å²) in [6, 6.07) is 0. The highest BCUT2D eigenvalue weighted by Gasteiger charge is 2.29. The van der Waals surface area contributed by atoms with Gasteiger partial charge in [0.25, 0.3) is 5.91 Å². The highest BCUT2D eigenvalue weighted by Crippen LogP contribution is 2.19. The zero-order chi connectivity index (χ0) is 15.4. The van der Waals surface area contributed by atoms with Gasteiger partial charge in [-0.1, -0.05) is 0 Å². The van der Waals surface area contributed by atoms with E-state index in [2.05, 4.69) is 5.10 Å². The molecular weight excluding hydrogens is 270 g/mol. The van der Waals surface area contributed by atoms with Crippen molar-refractivity contribution in [3.63, 3.8) is 0 Å². The molecule has 7 heteroatoms. The Labute approximate surface area is 124 Å². The second kappa shape index (κ2) is 6.71. The number of amides is 2. The van der Waals surface area contributed by atoms with Gasteiger partial charge in [-0.3, -0.25) is 14.3 Å². The third-order valence-electron chi connectivity index (χ3n) is 4.02. The van der Waals surface area contributed by atoms with Crippen LogP contribution in [0.2, 0.25) is 0 Å². The van der Waals surface area contributed by atoms with Gasteiger partial charge < -0.3 is 16.4 Å². The summed E-state index contributed by atoms with van der Waals surface area (Å²) in [5.74, 6) is -0.643. The number of rotatable bonds is 5. The van der Waals surface area contributed by atoms with Gasteiger partial charge in [-0.05, 0) is 32.7 Å². The molecule has 1 atom stereocenters. The van der Waals surface area contributed by atoms with Gasteiger partial charge in [0.2, 0.25) is 5.91 Å². The lowest BCUT2D eigenvalue weighted by Crippen LogP contribution is -2.44. The number of aryl methyl sites for hydroxylation is 1. The fraction of sp³-hybridized carbons (Fsp3) is 0.643. The molecule has 2 amide bonds.